The van der Waals surface area contributed by atoms with Crippen LogP contribution in [0.5, 0.6) is 0 Å². The van der Waals surface area contributed by atoms with Gasteiger partial charge in [0, 0.05) is 13.1 Å². The van der Waals surface area contributed by atoms with E-state index in [0.717, 1.165) is 24.0 Å². The molecule has 0 bridgehead atoms. The predicted molar refractivity (Wildman–Crippen MR) is 80.8 cm³/mol. The molecule has 108 valence electrons. The van der Waals surface area contributed by atoms with Crippen LogP contribution < -0.4 is 11.3 Å². The molecule has 3 rings (SSSR count). The Kier molecular flexibility index (Phi) is 2.89. The summed E-state index contributed by atoms with van der Waals surface area (Å²) in [6, 6.07) is 5.90. The van der Waals surface area contributed by atoms with Gasteiger partial charge in [-0.1, -0.05) is 6.07 Å². The van der Waals surface area contributed by atoms with Crippen molar-refractivity contribution >= 4 is 10.9 Å². The molecule has 0 saturated heterocycles. The van der Waals surface area contributed by atoms with E-state index < -0.39 is 5.41 Å². The number of aryl methyl sites for hydroxylation is 1. The Hall–Kier alpha value is -2.19. The third kappa shape index (κ3) is 1.95. The smallest absolute Gasteiger partial charge is 0.261 e. The minimum absolute atomic E-state index is 0.109. The summed E-state index contributed by atoms with van der Waals surface area (Å²) in [5.74, 6) is 0.563. The van der Waals surface area contributed by atoms with Crippen LogP contribution in [-0.2, 0) is 12.5 Å². The minimum atomic E-state index is -0.595. The summed E-state index contributed by atoms with van der Waals surface area (Å²) < 4.78 is 1.52. The first-order valence-electron chi connectivity index (χ1n) is 7.08. The fourth-order valence-electron chi connectivity index (χ4n) is 2.84. The highest BCUT2D eigenvalue weighted by atomic mass is 16.1. The highest BCUT2D eigenvalue weighted by molar-refractivity contribution is 5.82. The third-order valence-corrected chi connectivity index (χ3v) is 4.24. The number of nitriles is 1. The fraction of sp³-hybridized carbons (Fsp3) is 0.438. The van der Waals surface area contributed by atoms with Gasteiger partial charge in [0.25, 0.3) is 5.56 Å². The lowest BCUT2D eigenvalue weighted by atomic mass is 10.0. The zero-order chi connectivity index (χ0) is 15.4. The molecular weight excluding hydrogens is 264 g/mol. The van der Waals surface area contributed by atoms with Gasteiger partial charge in [0.05, 0.1) is 17.0 Å². The molecule has 5 nitrogen and oxygen atoms in total. The van der Waals surface area contributed by atoms with Crippen LogP contribution in [0.2, 0.25) is 0 Å². The van der Waals surface area contributed by atoms with Gasteiger partial charge in [0.2, 0.25) is 0 Å². The SMILES string of the molecule is Cc1cc(C(C)N)c2nc(C3(C#N)CC3)n(C)c(=O)c2c1. The van der Waals surface area contributed by atoms with Crippen LogP contribution in [0.4, 0.5) is 0 Å². The third-order valence-electron chi connectivity index (χ3n) is 4.24. The van der Waals surface area contributed by atoms with E-state index in [0.29, 0.717) is 16.7 Å². The standard InChI is InChI=1S/C16H18N4O/c1-9-6-11(10(2)18)13-12(7-9)14(21)20(3)15(19-13)16(8-17)4-5-16/h6-7,10H,4-5,18H2,1-3H3. The minimum Gasteiger partial charge on any atom is -0.324 e. The van der Waals surface area contributed by atoms with Crippen LogP contribution in [0, 0.1) is 18.3 Å². The zero-order valence-corrected chi connectivity index (χ0v) is 12.5. The van der Waals surface area contributed by atoms with Gasteiger partial charge in [0.1, 0.15) is 11.2 Å². The molecule has 1 aromatic carbocycles. The van der Waals surface area contributed by atoms with Gasteiger partial charge in [-0.3, -0.25) is 9.36 Å². The van der Waals surface area contributed by atoms with E-state index in [1.54, 1.807) is 7.05 Å². The van der Waals surface area contributed by atoms with E-state index in [-0.39, 0.29) is 11.6 Å². The highest BCUT2D eigenvalue weighted by Gasteiger charge is 2.48. The van der Waals surface area contributed by atoms with Gasteiger partial charge < -0.3 is 5.73 Å². The summed E-state index contributed by atoms with van der Waals surface area (Å²) in [4.78, 5) is 17.3. The van der Waals surface area contributed by atoms with Crippen molar-refractivity contribution in [2.45, 2.75) is 38.1 Å². The lowest BCUT2D eigenvalue weighted by molar-refractivity contribution is 0.682. The Morgan fingerprint density at radius 2 is 2.14 bits per heavy atom. The summed E-state index contributed by atoms with van der Waals surface area (Å²) in [6.07, 6.45) is 1.52. The second-order valence-corrected chi connectivity index (χ2v) is 6.03. The second-order valence-electron chi connectivity index (χ2n) is 6.03. The second kappa shape index (κ2) is 4.40. The fourth-order valence-corrected chi connectivity index (χ4v) is 2.84. The Labute approximate surface area is 123 Å². The summed E-state index contributed by atoms with van der Waals surface area (Å²) in [7, 11) is 1.69. The van der Waals surface area contributed by atoms with E-state index in [4.69, 9.17) is 5.73 Å². The number of hydrogen-bond acceptors (Lipinski definition) is 4. The highest BCUT2D eigenvalue weighted by Crippen LogP contribution is 2.46. The van der Waals surface area contributed by atoms with Crippen molar-refractivity contribution in [3.8, 4) is 6.07 Å². The Morgan fingerprint density at radius 1 is 1.48 bits per heavy atom. The topological polar surface area (TPSA) is 84.7 Å². The van der Waals surface area contributed by atoms with E-state index >= 15 is 0 Å². The van der Waals surface area contributed by atoms with E-state index in [1.807, 2.05) is 26.0 Å². The summed E-state index contributed by atoms with van der Waals surface area (Å²) in [5, 5.41) is 9.96. The lowest BCUT2D eigenvalue weighted by Crippen LogP contribution is -2.27. The predicted octanol–water partition coefficient (Wildman–Crippen LogP) is 1.82. The van der Waals surface area contributed by atoms with Crippen molar-refractivity contribution in [1.29, 1.82) is 5.26 Å². The summed E-state index contributed by atoms with van der Waals surface area (Å²) in [5.41, 5.74) is 7.81. The Balaban J connectivity index is 2.43. The number of aromatic nitrogens is 2. The van der Waals surface area contributed by atoms with Crippen LogP contribution in [0.25, 0.3) is 10.9 Å². The van der Waals surface area contributed by atoms with Gasteiger partial charge in [-0.2, -0.15) is 5.26 Å². The van der Waals surface area contributed by atoms with Crippen LogP contribution in [-0.4, -0.2) is 9.55 Å². The molecular formula is C16H18N4O. The largest absolute Gasteiger partial charge is 0.324 e. The molecule has 1 aliphatic rings. The van der Waals surface area contributed by atoms with Gasteiger partial charge in [-0.05, 0) is 43.9 Å². The number of hydrogen-bond donors (Lipinski definition) is 1. The van der Waals surface area contributed by atoms with Crippen molar-refractivity contribution in [2.75, 3.05) is 0 Å². The normalized spacial score (nSPS) is 17.5. The van der Waals surface area contributed by atoms with Crippen molar-refractivity contribution < 1.29 is 0 Å². The Bertz CT molecular complexity index is 838. The first kappa shape index (κ1) is 13.8. The molecule has 21 heavy (non-hydrogen) atoms. The van der Waals surface area contributed by atoms with Crippen LogP contribution in [0.3, 0.4) is 0 Å². The molecule has 1 fully saturated rings. The summed E-state index contributed by atoms with van der Waals surface area (Å²) >= 11 is 0. The van der Waals surface area contributed by atoms with Gasteiger partial charge in [-0.15, -0.1) is 0 Å². The number of rotatable bonds is 2. The molecule has 1 heterocycles. The van der Waals surface area contributed by atoms with E-state index in [2.05, 4.69) is 11.1 Å². The molecule has 2 N–H and O–H groups in total. The average Bonchev–Trinajstić information content (AvgIpc) is 3.23. The monoisotopic (exact) mass is 282 g/mol. The van der Waals surface area contributed by atoms with Crippen molar-refractivity contribution in [1.82, 2.24) is 9.55 Å². The van der Waals surface area contributed by atoms with Crippen LogP contribution in [0.1, 0.15) is 42.8 Å². The van der Waals surface area contributed by atoms with Crippen molar-refractivity contribution in [3.63, 3.8) is 0 Å². The molecule has 2 aromatic rings. The van der Waals surface area contributed by atoms with E-state index in [1.165, 1.54) is 4.57 Å². The van der Waals surface area contributed by atoms with E-state index in [9.17, 15) is 10.1 Å². The lowest BCUT2D eigenvalue weighted by Gasteiger charge is -2.16. The molecule has 1 unspecified atom stereocenters. The first-order chi connectivity index (χ1) is 9.89. The maximum atomic E-state index is 12.6. The molecule has 0 aliphatic heterocycles. The first-order valence-corrected chi connectivity index (χ1v) is 7.08. The van der Waals surface area contributed by atoms with Gasteiger partial charge in [0.15, 0.2) is 0 Å². The molecule has 1 aromatic heterocycles. The molecule has 5 heteroatoms. The summed E-state index contributed by atoms with van der Waals surface area (Å²) in [6.45, 7) is 3.82. The molecule has 1 atom stereocenters. The number of fused-ring (bicyclic) bond motifs is 1. The molecule has 0 spiro atoms. The maximum Gasteiger partial charge on any atom is 0.261 e. The van der Waals surface area contributed by atoms with Crippen molar-refractivity contribution in [3.05, 3.63) is 39.4 Å². The maximum absolute atomic E-state index is 12.6. The van der Waals surface area contributed by atoms with Gasteiger partial charge in [-0.25, -0.2) is 4.98 Å². The number of benzene rings is 1. The molecule has 0 amide bonds. The number of nitrogens with two attached hydrogens (primary N) is 1. The zero-order valence-electron chi connectivity index (χ0n) is 12.5. The quantitative estimate of drug-likeness (QED) is 0.910. The Morgan fingerprint density at radius 3 is 2.67 bits per heavy atom. The number of nitrogens with zero attached hydrogens (tertiary/aromatic N) is 3. The molecule has 1 aliphatic carbocycles. The van der Waals surface area contributed by atoms with Gasteiger partial charge >= 0.3 is 0 Å². The van der Waals surface area contributed by atoms with Crippen molar-refractivity contribution in [2.24, 2.45) is 12.8 Å². The average molecular weight is 282 g/mol. The van der Waals surface area contributed by atoms with Crippen LogP contribution >= 0.6 is 0 Å². The van der Waals surface area contributed by atoms with Crippen LogP contribution in [0.15, 0.2) is 16.9 Å². The molecule has 0 radical (unpaired) electrons. The molecule has 1 saturated carbocycles.